The number of benzene rings is 1. The molecule has 1 fully saturated rings. The molecule has 2 rings (SSSR count). The minimum Gasteiger partial charge on any atom is -0.383 e. The number of rotatable bonds is 5. The highest BCUT2D eigenvalue weighted by Crippen LogP contribution is 2.28. The van der Waals surface area contributed by atoms with Gasteiger partial charge in [-0.05, 0) is 24.3 Å². The van der Waals surface area contributed by atoms with Crippen LogP contribution in [0.5, 0.6) is 0 Å². The zero-order chi connectivity index (χ0) is 13.0. The van der Waals surface area contributed by atoms with Crippen molar-refractivity contribution in [1.29, 1.82) is 5.26 Å². The van der Waals surface area contributed by atoms with Crippen LogP contribution in [0, 0.1) is 16.7 Å². The van der Waals surface area contributed by atoms with Crippen molar-refractivity contribution >= 4 is 17.4 Å². The lowest BCUT2D eigenvalue weighted by atomic mass is 9.88. The van der Waals surface area contributed by atoms with Crippen molar-refractivity contribution in [2.24, 2.45) is 5.41 Å². The van der Waals surface area contributed by atoms with Gasteiger partial charge in [0.1, 0.15) is 5.41 Å². The highest BCUT2D eigenvalue weighted by molar-refractivity contribution is 7.99. The highest BCUT2D eigenvalue weighted by Gasteiger charge is 2.38. The Morgan fingerprint density at radius 2 is 2.06 bits per heavy atom. The van der Waals surface area contributed by atoms with Crippen molar-refractivity contribution in [2.75, 3.05) is 25.1 Å². The van der Waals surface area contributed by atoms with E-state index in [1.165, 1.54) is 4.90 Å². The van der Waals surface area contributed by atoms with Crippen molar-refractivity contribution in [3.05, 3.63) is 24.3 Å². The number of hydrogen-bond acceptors (Lipinski definition) is 4. The normalized spacial score (nSPS) is 17.0. The molecule has 1 N–H and O–H groups in total. The first-order valence-corrected chi connectivity index (χ1v) is 7.01. The van der Waals surface area contributed by atoms with Crippen molar-refractivity contribution in [3.63, 3.8) is 0 Å². The first-order chi connectivity index (χ1) is 8.63. The minimum atomic E-state index is -0.328. The number of anilines is 1. The zero-order valence-corrected chi connectivity index (χ0v) is 11.6. The van der Waals surface area contributed by atoms with Gasteiger partial charge in [0.05, 0.1) is 19.3 Å². The molecule has 1 aliphatic heterocycles. The summed E-state index contributed by atoms with van der Waals surface area (Å²) in [7, 11) is 0. The summed E-state index contributed by atoms with van der Waals surface area (Å²) in [6.07, 6.45) is 0. The summed E-state index contributed by atoms with van der Waals surface area (Å²) in [5.74, 6) is 0. The van der Waals surface area contributed by atoms with Gasteiger partial charge >= 0.3 is 0 Å². The molecule has 0 radical (unpaired) electrons. The van der Waals surface area contributed by atoms with E-state index in [2.05, 4.69) is 49.5 Å². The third kappa shape index (κ3) is 3.18. The van der Waals surface area contributed by atoms with E-state index in [0.29, 0.717) is 25.0 Å². The smallest absolute Gasteiger partial charge is 0.121 e. The fourth-order valence-corrected chi connectivity index (χ4v) is 2.59. The lowest BCUT2D eigenvalue weighted by Gasteiger charge is -2.35. The van der Waals surface area contributed by atoms with Gasteiger partial charge in [0.25, 0.3) is 0 Å². The van der Waals surface area contributed by atoms with Crippen molar-refractivity contribution < 1.29 is 4.74 Å². The molecule has 0 aromatic heterocycles. The van der Waals surface area contributed by atoms with E-state index in [-0.39, 0.29) is 5.41 Å². The molecule has 1 aromatic carbocycles. The van der Waals surface area contributed by atoms with Gasteiger partial charge in [0.15, 0.2) is 0 Å². The van der Waals surface area contributed by atoms with Gasteiger partial charge in [0.2, 0.25) is 0 Å². The maximum Gasteiger partial charge on any atom is 0.121 e. The van der Waals surface area contributed by atoms with Gasteiger partial charge in [-0.3, -0.25) is 0 Å². The maximum atomic E-state index is 9.08. The summed E-state index contributed by atoms with van der Waals surface area (Å²) < 4.78 is 5.11. The second-order valence-electron chi connectivity index (χ2n) is 4.93. The standard InChI is InChI=1S/C14H18N2OS/c1-11(2)18-13-5-3-12(4-6-13)16-8-14(7-15)9-17-10-14/h3-6,11,16H,8-10H2,1-2H3. The number of ether oxygens (including phenoxy) is 1. The molecule has 0 spiro atoms. The number of hydrogen-bond donors (Lipinski definition) is 1. The summed E-state index contributed by atoms with van der Waals surface area (Å²) in [6.45, 7) is 6.10. The molecule has 1 saturated heterocycles. The van der Waals surface area contributed by atoms with Crippen molar-refractivity contribution in [3.8, 4) is 6.07 Å². The maximum absolute atomic E-state index is 9.08. The Balaban J connectivity index is 1.89. The number of nitrogens with zero attached hydrogens (tertiary/aromatic N) is 1. The Hall–Kier alpha value is -1.18. The van der Waals surface area contributed by atoms with E-state index in [0.717, 1.165) is 5.69 Å². The third-order valence-electron chi connectivity index (χ3n) is 2.85. The monoisotopic (exact) mass is 262 g/mol. The van der Waals surface area contributed by atoms with E-state index in [1.54, 1.807) is 0 Å². The SMILES string of the molecule is CC(C)Sc1ccc(NCC2(C#N)COC2)cc1. The Labute approximate surface area is 113 Å². The largest absolute Gasteiger partial charge is 0.383 e. The van der Waals surface area contributed by atoms with Gasteiger partial charge in [-0.25, -0.2) is 0 Å². The number of nitriles is 1. The van der Waals surface area contributed by atoms with Gasteiger partial charge in [-0.2, -0.15) is 5.26 Å². The zero-order valence-electron chi connectivity index (χ0n) is 10.8. The van der Waals surface area contributed by atoms with E-state index < -0.39 is 0 Å². The van der Waals surface area contributed by atoms with Crippen LogP contribution < -0.4 is 5.32 Å². The molecule has 0 bridgehead atoms. The topological polar surface area (TPSA) is 45.0 Å². The first kappa shape index (κ1) is 13.3. The van der Waals surface area contributed by atoms with Crippen LogP contribution in [0.4, 0.5) is 5.69 Å². The average Bonchev–Trinajstić information content (AvgIpc) is 2.30. The summed E-state index contributed by atoms with van der Waals surface area (Å²) in [4.78, 5) is 1.28. The van der Waals surface area contributed by atoms with Crippen LogP contribution in [0.3, 0.4) is 0 Å². The molecule has 0 saturated carbocycles. The molecule has 1 aromatic rings. The number of thioether (sulfide) groups is 1. The van der Waals surface area contributed by atoms with Crippen LogP contribution in [-0.4, -0.2) is 25.0 Å². The molecule has 0 aliphatic carbocycles. The second kappa shape index (κ2) is 5.64. The van der Waals surface area contributed by atoms with Crippen molar-refractivity contribution in [2.45, 2.75) is 24.0 Å². The quantitative estimate of drug-likeness (QED) is 0.828. The Morgan fingerprint density at radius 3 is 2.50 bits per heavy atom. The molecular weight excluding hydrogens is 244 g/mol. The summed E-state index contributed by atoms with van der Waals surface area (Å²) in [5, 5.41) is 13.0. The van der Waals surface area contributed by atoms with Crippen molar-refractivity contribution in [1.82, 2.24) is 0 Å². The predicted molar refractivity (Wildman–Crippen MR) is 74.8 cm³/mol. The molecule has 3 nitrogen and oxygen atoms in total. The van der Waals surface area contributed by atoms with Gasteiger partial charge < -0.3 is 10.1 Å². The predicted octanol–water partition coefficient (Wildman–Crippen LogP) is 3.14. The Morgan fingerprint density at radius 1 is 1.39 bits per heavy atom. The third-order valence-corrected chi connectivity index (χ3v) is 3.87. The van der Waals surface area contributed by atoms with E-state index >= 15 is 0 Å². The lowest BCUT2D eigenvalue weighted by molar-refractivity contribution is -0.0690. The van der Waals surface area contributed by atoms with Crippen LogP contribution in [-0.2, 0) is 4.74 Å². The van der Waals surface area contributed by atoms with E-state index in [1.807, 2.05) is 11.8 Å². The molecule has 0 amide bonds. The number of nitrogens with one attached hydrogen (secondary N) is 1. The van der Waals surface area contributed by atoms with E-state index in [9.17, 15) is 0 Å². The second-order valence-corrected chi connectivity index (χ2v) is 6.58. The highest BCUT2D eigenvalue weighted by atomic mass is 32.2. The van der Waals surface area contributed by atoms with Gasteiger partial charge in [-0.15, -0.1) is 11.8 Å². The van der Waals surface area contributed by atoms with Crippen LogP contribution in [0.1, 0.15) is 13.8 Å². The van der Waals surface area contributed by atoms with Crippen LogP contribution >= 0.6 is 11.8 Å². The molecule has 96 valence electrons. The summed E-state index contributed by atoms with van der Waals surface area (Å²) >= 11 is 1.85. The molecular formula is C14H18N2OS. The average molecular weight is 262 g/mol. The molecule has 0 unspecified atom stereocenters. The van der Waals surface area contributed by atoms with E-state index in [4.69, 9.17) is 10.00 Å². The Bertz CT molecular complexity index is 432. The molecule has 4 heteroatoms. The molecule has 18 heavy (non-hydrogen) atoms. The van der Waals surface area contributed by atoms with Gasteiger partial charge in [0, 0.05) is 22.4 Å². The first-order valence-electron chi connectivity index (χ1n) is 6.13. The fourth-order valence-electron chi connectivity index (χ4n) is 1.75. The summed E-state index contributed by atoms with van der Waals surface area (Å²) in [6, 6.07) is 10.7. The Kier molecular flexibility index (Phi) is 4.15. The summed E-state index contributed by atoms with van der Waals surface area (Å²) in [5.41, 5.74) is 0.732. The molecule has 1 aliphatic rings. The van der Waals surface area contributed by atoms with Crippen LogP contribution in [0.15, 0.2) is 29.2 Å². The lowest BCUT2D eigenvalue weighted by Crippen LogP contribution is -2.46. The van der Waals surface area contributed by atoms with Crippen LogP contribution in [0.25, 0.3) is 0 Å². The molecule has 1 heterocycles. The van der Waals surface area contributed by atoms with Crippen LogP contribution in [0.2, 0.25) is 0 Å². The molecule has 0 atom stereocenters. The van der Waals surface area contributed by atoms with Gasteiger partial charge in [-0.1, -0.05) is 13.8 Å². The fraction of sp³-hybridized carbons (Fsp3) is 0.500. The minimum absolute atomic E-state index is 0.328.